The highest BCUT2D eigenvalue weighted by Gasteiger charge is 2.13. The van der Waals surface area contributed by atoms with E-state index in [9.17, 15) is 0 Å². The number of nitrogens with one attached hydrogen (secondary N) is 1. The summed E-state index contributed by atoms with van der Waals surface area (Å²) in [6.07, 6.45) is 5.22. The van der Waals surface area contributed by atoms with Crippen molar-refractivity contribution in [3.63, 3.8) is 0 Å². The number of aromatic nitrogens is 5. The molecule has 0 aliphatic carbocycles. The third-order valence-electron chi connectivity index (χ3n) is 4.24. The molecule has 0 amide bonds. The minimum absolute atomic E-state index is 0.131. The molecule has 0 saturated carbocycles. The summed E-state index contributed by atoms with van der Waals surface area (Å²) in [7, 11) is 0. The fourth-order valence-electron chi connectivity index (χ4n) is 2.78. The van der Waals surface area contributed by atoms with Crippen molar-refractivity contribution in [3.8, 4) is 11.3 Å². The molecular weight excluding hydrogens is 324 g/mol. The minimum atomic E-state index is 0.131. The first kappa shape index (κ1) is 16.2. The van der Waals surface area contributed by atoms with Crippen LogP contribution >= 0.6 is 0 Å². The number of nitrogens with zero attached hydrogens (tertiary/aromatic N) is 5. The summed E-state index contributed by atoms with van der Waals surface area (Å²) >= 11 is 0. The van der Waals surface area contributed by atoms with Gasteiger partial charge in [-0.1, -0.05) is 32.9 Å². The highest BCUT2D eigenvalue weighted by molar-refractivity contribution is 5.77. The predicted octanol–water partition coefficient (Wildman–Crippen LogP) is 4.23. The van der Waals surface area contributed by atoms with Crippen LogP contribution in [0.3, 0.4) is 0 Å². The van der Waals surface area contributed by atoms with Gasteiger partial charge in [-0.2, -0.15) is 14.8 Å². The zero-order chi connectivity index (χ0) is 18.1. The van der Waals surface area contributed by atoms with Crippen molar-refractivity contribution < 1.29 is 0 Å². The smallest absolute Gasteiger partial charge is 0.227 e. The summed E-state index contributed by atoms with van der Waals surface area (Å²) in [5.74, 6) is 0.550. The SMILES string of the molecule is CC(C)(C)c1ccc(Nc2nccc(-c3cnn4ncccc34)n2)cc1. The van der Waals surface area contributed by atoms with E-state index in [1.165, 1.54) is 5.56 Å². The first-order chi connectivity index (χ1) is 12.5. The molecule has 1 aromatic carbocycles. The lowest BCUT2D eigenvalue weighted by molar-refractivity contribution is 0.590. The van der Waals surface area contributed by atoms with Crippen molar-refractivity contribution in [2.75, 3.05) is 5.32 Å². The molecule has 0 radical (unpaired) electrons. The normalized spacial score (nSPS) is 11.7. The van der Waals surface area contributed by atoms with Crippen LogP contribution in [0.15, 0.2) is 61.1 Å². The van der Waals surface area contributed by atoms with Gasteiger partial charge in [0, 0.05) is 23.6 Å². The number of hydrogen-bond donors (Lipinski definition) is 1. The van der Waals surface area contributed by atoms with Crippen LogP contribution in [-0.4, -0.2) is 24.8 Å². The molecule has 0 saturated heterocycles. The average Bonchev–Trinajstić information content (AvgIpc) is 3.06. The fraction of sp³-hybridized carbons (Fsp3) is 0.200. The first-order valence-corrected chi connectivity index (χ1v) is 8.51. The highest BCUT2D eigenvalue weighted by Crippen LogP contribution is 2.26. The van der Waals surface area contributed by atoms with Crippen LogP contribution in [0.2, 0.25) is 0 Å². The molecule has 1 N–H and O–H groups in total. The number of hydrogen-bond acceptors (Lipinski definition) is 5. The van der Waals surface area contributed by atoms with Gasteiger partial charge in [0.1, 0.15) is 0 Å². The maximum Gasteiger partial charge on any atom is 0.227 e. The Morgan fingerprint density at radius 1 is 0.923 bits per heavy atom. The van der Waals surface area contributed by atoms with E-state index in [1.807, 2.05) is 18.2 Å². The van der Waals surface area contributed by atoms with Crippen LogP contribution in [0, 0.1) is 0 Å². The molecule has 0 bridgehead atoms. The van der Waals surface area contributed by atoms with Gasteiger partial charge in [0.05, 0.1) is 17.4 Å². The fourth-order valence-corrected chi connectivity index (χ4v) is 2.78. The second-order valence-electron chi connectivity index (χ2n) is 7.17. The van der Waals surface area contributed by atoms with Crippen molar-refractivity contribution in [3.05, 3.63) is 66.6 Å². The summed E-state index contributed by atoms with van der Waals surface area (Å²) in [6, 6.07) is 14.1. The Morgan fingerprint density at radius 2 is 1.73 bits per heavy atom. The summed E-state index contributed by atoms with van der Waals surface area (Å²) in [6.45, 7) is 6.60. The Bertz CT molecular complexity index is 1040. The van der Waals surface area contributed by atoms with Gasteiger partial charge in [0.25, 0.3) is 0 Å². The number of benzene rings is 1. The van der Waals surface area contributed by atoms with Gasteiger partial charge < -0.3 is 5.32 Å². The Kier molecular flexibility index (Phi) is 3.88. The maximum atomic E-state index is 4.63. The van der Waals surface area contributed by atoms with Gasteiger partial charge in [-0.05, 0) is 41.3 Å². The Morgan fingerprint density at radius 3 is 2.50 bits per heavy atom. The monoisotopic (exact) mass is 344 g/mol. The van der Waals surface area contributed by atoms with Crippen molar-refractivity contribution in [1.29, 1.82) is 0 Å². The summed E-state index contributed by atoms with van der Waals surface area (Å²) in [5.41, 5.74) is 5.01. The van der Waals surface area contributed by atoms with E-state index in [-0.39, 0.29) is 5.41 Å². The van der Waals surface area contributed by atoms with E-state index in [0.717, 1.165) is 22.5 Å². The summed E-state index contributed by atoms with van der Waals surface area (Å²) < 4.78 is 1.59. The molecule has 0 aliphatic rings. The molecule has 6 heteroatoms. The molecule has 0 aliphatic heterocycles. The molecule has 0 atom stereocenters. The van der Waals surface area contributed by atoms with Crippen LogP contribution in [0.1, 0.15) is 26.3 Å². The molecule has 0 unspecified atom stereocenters. The van der Waals surface area contributed by atoms with Gasteiger partial charge in [0.15, 0.2) is 0 Å². The number of anilines is 2. The van der Waals surface area contributed by atoms with Gasteiger partial charge in [-0.15, -0.1) is 0 Å². The van der Waals surface area contributed by atoms with Crippen molar-refractivity contribution in [2.45, 2.75) is 26.2 Å². The van der Waals surface area contributed by atoms with Gasteiger partial charge >= 0.3 is 0 Å². The van der Waals surface area contributed by atoms with Crippen LogP contribution in [-0.2, 0) is 5.41 Å². The van der Waals surface area contributed by atoms with Gasteiger partial charge in [-0.25, -0.2) is 9.97 Å². The van der Waals surface area contributed by atoms with Crippen molar-refractivity contribution >= 4 is 17.2 Å². The van der Waals surface area contributed by atoms with E-state index in [4.69, 9.17) is 0 Å². The van der Waals surface area contributed by atoms with E-state index in [2.05, 4.69) is 70.5 Å². The third kappa shape index (κ3) is 3.13. The van der Waals surface area contributed by atoms with Crippen LogP contribution in [0.4, 0.5) is 11.6 Å². The molecule has 3 aromatic heterocycles. The lowest BCUT2D eigenvalue weighted by Crippen LogP contribution is -2.10. The molecule has 6 nitrogen and oxygen atoms in total. The van der Waals surface area contributed by atoms with Crippen LogP contribution in [0.25, 0.3) is 16.8 Å². The lowest BCUT2D eigenvalue weighted by atomic mass is 9.87. The summed E-state index contributed by atoms with van der Waals surface area (Å²) in [4.78, 5) is 8.96. The zero-order valence-electron chi connectivity index (χ0n) is 15.0. The number of rotatable bonds is 3. The van der Waals surface area contributed by atoms with Gasteiger partial charge in [0.2, 0.25) is 5.95 Å². The quantitative estimate of drug-likeness (QED) is 0.602. The largest absolute Gasteiger partial charge is 0.324 e. The Hall–Kier alpha value is -3.28. The lowest BCUT2D eigenvalue weighted by Gasteiger charge is -2.19. The summed E-state index contributed by atoms with van der Waals surface area (Å²) in [5, 5.41) is 11.7. The minimum Gasteiger partial charge on any atom is -0.324 e. The predicted molar refractivity (Wildman–Crippen MR) is 102 cm³/mol. The van der Waals surface area contributed by atoms with Crippen molar-refractivity contribution in [2.24, 2.45) is 0 Å². The van der Waals surface area contributed by atoms with E-state index >= 15 is 0 Å². The Balaban J connectivity index is 1.62. The van der Waals surface area contributed by atoms with Crippen LogP contribution < -0.4 is 5.32 Å². The van der Waals surface area contributed by atoms with Gasteiger partial charge in [-0.3, -0.25) is 0 Å². The third-order valence-corrected chi connectivity index (χ3v) is 4.24. The van der Waals surface area contributed by atoms with Crippen molar-refractivity contribution in [1.82, 2.24) is 24.8 Å². The zero-order valence-corrected chi connectivity index (χ0v) is 15.0. The molecule has 26 heavy (non-hydrogen) atoms. The molecule has 4 rings (SSSR count). The maximum absolute atomic E-state index is 4.63. The molecule has 130 valence electrons. The van der Waals surface area contributed by atoms with E-state index in [0.29, 0.717) is 5.95 Å². The molecule has 0 spiro atoms. The topological polar surface area (TPSA) is 68.0 Å². The molecule has 0 fully saturated rings. The standard InChI is InChI=1S/C20H20N6/c1-20(2,3)14-6-8-15(9-7-14)24-19-21-12-10-17(25-19)16-13-23-26-18(16)5-4-11-22-26/h4-13H,1-3H3,(H,21,24,25). The Labute approximate surface area is 151 Å². The molecule has 3 heterocycles. The second-order valence-corrected chi connectivity index (χ2v) is 7.17. The molecular formula is C20H20N6. The van der Waals surface area contributed by atoms with E-state index < -0.39 is 0 Å². The molecule has 4 aromatic rings. The highest BCUT2D eigenvalue weighted by atomic mass is 15.4. The first-order valence-electron chi connectivity index (χ1n) is 8.51. The van der Waals surface area contributed by atoms with Crippen LogP contribution in [0.5, 0.6) is 0 Å². The number of fused-ring (bicyclic) bond motifs is 1. The second kappa shape index (κ2) is 6.22. The van der Waals surface area contributed by atoms with E-state index in [1.54, 1.807) is 23.2 Å². The average molecular weight is 344 g/mol.